The molecule has 0 saturated carbocycles. The minimum atomic E-state index is -0.269. The summed E-state index contributed by atoms with van der Waals surface area (Å²) >= 11 is 0. The molecule has 2 heterocycles. The second-order valence-electron chi connectivity index (χ2n) is 9.55. The van der Waals surface area contributed by atoms with Gasteiger partial charge in [0.15, 0.2) is 0 Å². The quantitative estimate of drug-likeness (QED) is 0.251. The van der Waals surface area contributed by atoms with Gasteiger partial charge in [-0.25, -0.2) is 0 Å². The number of fused-ring (bicyclic) bond motifs is 6. The van der Waals surface area contributed by atoms with E-state index in [4.69, 9.17) is 10.2 Å². The summed E-state index contributed by atoms with van der Waals surface area (Å²) in [5, 5.41) is 17.0. The van der Waals surface area contributed by atoms with Crippen LogP contribution in [0.2, 0.25) is 0 Å². The molecule has 0 radical (unpaired) electrons. The molecule has 0 amide bonds. The van der Waals surface area contributed by atoms with Crippen LogP contribution in [0.15, 0.2) is 108 Å². The topological polar surface area (TPSA) is 79.9 Å². The molecule has 0 aliphatic heterocycles. The highest BCUT2D eigenvalue weighted by Crippen LogP contribution is 2.39. The van der Waals surface area contributed by atoms with E-state index in [-0.39, 0.29) is 6.17 Å². The van der Waals surface area contributed by atoms with Gasteiger partial charge in [-0.05, 0) is 60.6 Å². The van der Waals surface area contributed by atoms with Crippen molar-refractivity contribution in [1.29, 1.82) is 5.26 Å². The van der Waals surface area contributed by atoms with Gasteiger partial charge in [-0.15, -0.1) is 0 Å². The molecule has 0 aliphatic rings. The first kappa shape index (κ1) is 22.3. The Morgan fingerprint density at radius 1 is 0.789 bits per heavy atom. The largest absolute Gasteiger partial charge is 0.455 e. The van der Waals surface area contributed by atoms with Crippen molar-refractivity contribution in [1.82, 2.24) is 9.88 Å². The lowest BCUT2D eigenvalue weighted by Crippen LogP contribution is -2.24. The molecule has 5 heteroatoms. The lowest BCUT2D eigenvalue weighted by atomic mass is 10.0. The third kappa shape index (κ3) is 3.32. The number of nitriles is 1. The lowest BCUT2D eigenvalue weighted by molar-refractivity contribution is 0.622. The zero-order valence-corrected chi connectivity index (χ0v) is 20.8. The minimum Gasteiger partial charge on any atom is -0.455 e. The Kier molecular flexibility index (Phi) is 5.05. The molecular formula is C33H24N4O. The predicted molar refractivity (Wildman–Crippen MR) is 154 cm³/mol. The van der Waals surface area contributed by atoms with Crippen molar-refractivity contribution >= 4 is 43.7 Å². The molecule has 0 spiro atoms. The van der Waals surface area contributed by atoms with E-state index in [0.717, 1.165) is 66.1 Å². The highest BCUT2D eigenvalue weighted by atomic mass is 16.3. The number of furan rings is 1. The van der Waals surface area contributed by atoms with E-state index in [1.54, 1.807) is 0 Å². The Morgan fingerprint density at radius 3 is 2.50 bits per heavy atom. The molecule has 182 valence electrons. The smallest absolute Gasteiger partial charge is 0.143 e. The maximum atomic E-state index is 9.58. The third-order valence-corrected chi connectivity index (χ3v) is 7.41. The predicted octanol–water partition coefficient (Wildman–Crippen LogP) is 7.40. The summed E-state index contributed by atoms with van der Waals surface area (Å²) in [5.41, 5.74) is 14.9. The molecule has 0 aliphatic carbocycles. The number of rotatable bonds is 4. The van der Waals surface area contributed by atoms with Gasteiger partial charge in [0.1, 0.15) is 11.2 Å². The summed E-state index contributed by atoms with van der Waals surface area (Å²) in [6.45, 7) is 0. The summed E-state index contributed by atoms with van der Waals surface area (Å²) in [5.74, 6) is 0. The van der Waals surface area contributed by atoms with Gasteiger partial charge in [-0.3, -0.25) is 0 Å². The number of aromatic nitrogens is 1. The number of hydrogen-bond donors (Lipinski definition) is 2. The van der Waals surface area contributed by atoms with E-state index in [1.165, 1.54) is 0 Å². The summed E-state index contributed by atoms with van der Waals surface area (Å²) < 4.78 is 8.59. The fourth-order valence-corrected chi connectivity index (χ4v) is 5.53. The first-order valence-electron chi connectivity index (χ1n) is 12.6. The molecule has 1 atom stereocenters. The van der Waals surface area contributed by atoms with Crippen LogP contribution in [0.25, 0.3) is 60.6 Å². The van der Waals surface area contributed by atoms with Gasteiger partial charge in [-0.1, -0.05) is 60.7 Å². The third-order valence-electron chi connectivity index (χ3n) is 7.41. The van der Waals surface area contributed by atoms with E-state index in [1.807, 2.05) is 55.6 Å². The SMILES string of the molecule is CNC(N)c1cccc(-n2c3ccc(C#N)cc3c3ccc(-c4cccc5c4oc4ccccc45)cc32)c1. The van der Waals surface area contributed by atoms with Crippen LogP contribution < -0.4 is 11.1 Å². The maximum Gasteiger partial charge on any atom is 0.143 e. The van der Waals surface area contributed by atoms with E-state index in [0.29, 0.717) is 5.56 Å². The Bertz CT molecular complexity index is 2060. The zero-order chi connectivity index (χ0) is 25.8. The summed E-state index contributed by atoms with van der Waals surface area (Å²) in [6, 6.07) is 37.4. The molecule has 38 heavy (non-hydrogen) atoms. The van der Waals surface area contributed by atoms with Gasteiger partial charge in [0.2, 0.25) is 0 Å². The zero-order valence-electron chi connectivity index (χ0n) is 20.8. The van der Waals surface area contributed by atoms with Crippen molar-refractivity contribution in [2.75, 3.05) is 7.05 Å². The average Bonchev–Trinajstić information content (AvgIpc) is 3.51. The number of para-hydroxylation sites is 2. The maximum absolute atomic E-state index is 9.58. The Labute approximate surface area is 219 Å². The van der Waals surface area contributed by atoms with Gasteiger partial charge in [0.25, 0.3) is 0 Å². The van der Waals surface area contributed by atoms with Crippen molar-refractivity contribution in [3.05, 3.63) is 114 Å². The van der Waals surface area contributed by atoms with Crippen molar-refractivity contribution in [2.45, 2.75) is 6.17 Å². The molecule has 3 N–H and O–H groups in total. The van der Waals surface area contributed by atoms with E-state index in [2.05, 4.69) is 70.6 Å². The first-order chi connectivity index (χ1) is 18.7. The highest BCUT2D eigenvalue weighted by molar-refractivity contribution is 6.13. The Hall–Kier alpha value is -4.89. The standard InChI is InChI=1S/C33H24N4O/c1-36-33(35)22-6-4-7-23(17-22)37-29-15-12-20(19-34)16-28(29)25-14-13-21(18-30(25)37)24-9-5-10-27-26-8-2-3-11-31(26)38-32(24)27/h2-18,33,36H,35H2,1H3. The van der Waals surface area contributed by atoms with Crippen LogP contribution in [0.4, 0.5) is 0 Å². The molecule has 0 bridgehead atoms. The number of nitrogens with two attached hydrogens (primary N) is 1. The normalized spacial score (nSPS) is 12.4. The van der Waals surface area contributed by atoms with Gasteiger partial charge < -0.3 is 20.0 Å². The number of hydrogen-bond acceptors (Lipinski definition) is 4. The molecule has 7 rings (SSSR count). The number of nitrogens with zero attached hydrogens (tertiary/aromatic N) is 2. The van der Waals surface area contributed by atoms with Crippen LogP contribution in [0.5, 0.6) is 0 Å². The summed E-state index contributed by atoms with van der Waals surface area (Å²) in [4.78, 5) is 0. The molecule has 7 aromatic rings. The fraction of sp³-hybridized carbons (Fsp3) is 0.0606. The number of nitrogens with one attached hydrogen (secondary N) is 1. The Balaban J connectivity index is 1.53. The highest BCUT2D eigenvalue weighted by Gasteiger charge is 2.17. The molecule has 2 aromatic heterocycles. The minimum absolute atomic E-state index is 0.269. The summed E-state index contributed by atoms with van der Waals surface area (Å²) in [7, 11) is 1.85. The van der Waals surface area contributed by atoms with E-state index >= 15 is 0 Å². The summed E-state index contributed by atoms with van der Waals surface area (Å²) in [6.07, 6.45) is -0.269. The van der Waals surface area contributed by atoms with E-state index in [9.17, 15) is 5.26 Å². The van der Waals surface area contributed by atoms with Crippen LogP contribution in [-0.2, 0) is 0 Å². The van der Waals surface area contributed by atoms with Crippen LogP contribution in [0, 0.1) is 11.3 Å². The van der Waals surface area contributed by atoms with Gasteiger partial charge in [0.05, 0.1) is 28.8 Å². The molecule has 5 aromatic carbocycles. The van der Waals surface area contributed by atoms with Gasteiger partial charge >= 0.3 is 0 Å². The van der Waals surface area contributed by atoms with Crippen molar-refractivity contribution in [3.63, 3.8) is 0 Å². The fourth-order valence-electron chi connectivity index (χ4n) is 5.53. The number of benzene rings is 5. The molecule has 0 saturated heterocycles. The van der Waals surface area contributed by atoms with Crippen molar-refractivity contribution in [2.24, 2.45) is 5.73 Å². The van der Waals surface area contributed by atoms with Crippen LogP contribution in [-0.4, -0.2) is 11.6 Å². The monoisotopic (exact) mass is 492 g/mol. The van der Waals surface area contributed by atoms with Crippen molar-refractivity contribution < 1.29 is 4.42 Å². The molecule has 0 fully saturated rings. The van der Waals surface area contributed by atoms with Crippen molar-refractivity contribution in [3.8, 4) is 22.9 Å². The average molecular weight is 493 g/mol. The van der Waals surface area contributed by atoms with Crippen LogP contribution in [0.1, 0.15) is 17.3 Å². The first-order valence-corrected chi connectivity index (χ1v) is 12.6. The second kappa shape index (κ2) is 8.60. The lowest BCUT2D eigenvalue weighted by Gasteiger charge is -2.14. The molecular weight excluding hydrogens is 468 g/mol. The second-order valence-corrected chi connectivity index (χ2v) is 9.55. The van der Waals surface area contributed by atoms with Crippen LogP contribution in [0.3, 0.4) is 0 Å². The van der Waals surface area contributed by atoms with E-state index < -0.39 is 0 Å². The van der Waals surface area contributed by atoms with Crippen LogP contribution >= 0.6 is 0 Å². The Morgan fingerprint density at radius 2 is 1.63 bits per heavy atom. The molecule has 5 nitrogen and oxygen atoms in total. The van der Waals surface area contributed by atoms with Gasteiger partial charge in [-0.2, -0.15) is 5.26 Å². The van der Waals surface area contributed by atoms with Gasteiger partial charge in [0, 0.05) is 32.8 Å². The molecule has 1 unspecified atom stereocenters.